The Balaban J connectivity index is 0.00000243. The summed E-state index contributed by atoms with van der Waals surface area (Å²) in [5.41, 5.74) is -0.761. The Bertz CT molecular complexity index is 631. The molecule has 0 radical (unpaired) electrons. The van der Waals surface area contributed by atoms with Crippen molar-refractivity contribution in [3.63, 3.8) is 0 Å². The highest BCUT2D eigenvalue weighted by Crippen LogP contribution is 2.49. The highest BCUT2D eigenvalue weighted by molar-refractivity contribution is 5.91. The van der Waals surface area contributed by atoms with E-state index in [1.54, 1.807) is 6.07 Å². The molecule has 1 aliphatic carbocycles. The summed E-state index contributed by atoms with van der Waals surface area (Å²) in [5, 5.41) is 5.44. The van der Waals surface area contributed by atoms with Gasteiger partial charge in [-0.3, -0.25) is 9.69 Å². The van der Waals surface area contributed by atoms with E-state index in [0.717, 1.165) is 0 Å². The van der Waals surface area contributed by atoms with Gasteiger partial charge in [0.1, 0.15) is 11.9 Å². The molecular formula is C17H22ClF4N3O. The van der Waals surface area contributed by atoms with Gasteiger partial charge in [-0.2, -0.15) is 13.2 Å². The quantitative estimate of drug-likeness (QED) is 0.751. The van der Waals surface area contributed by atoms with Crippen LogP contribution in [-0.2, 0) is 10.2 Å². The van der Waals surface area contributed by atoms with E-state index in [0.29, 0.717) is 25.9 Å². The molecule has 1 saturated heterocycles. The molecule has 1 atom stereocenters. The van der Waals surface area contributed by atoms with E-state index in [-0.39, 0.29) is 31.1 Å². The Morgan fingerprint density at radius 1 is 1.23 bits per heavy atom. The summed E-state index contributed by atoms with van der Waals surface area (Å²) >= 11 is 0. The lowest BCUT2D eigenvalue weighted by Crippen LogP contribution is -2.58. The molecule has 1 heterocycles. The van der Waals surface area contributed by atoms with Crippen LogP contribution in [0.1, 0.15) is 18.4 Å². The molecule has 1 aromatic carbocycles. The standard InChI is InChI=1S/C17H21F4N3O.ClH/c18-13-4-2-1-3-12(13)16(5-6-16)15(25)23-11-14(17(19,20)21)24-9-7-22-8-10-24;/h1-4,14,22H,5-11H2,(H,23,25);1H. The van der Waals surface area contributed by atoms with Crippen LogP contribution in [0, 0.1) is 5.82 Å². The second-order valence-electron chi connectivity index (χ2n) is 6.62. The van der Waals surface area contributed by atoms with Gasteiger partial charge in [0.15, 0.2) is 0 Å². The fraction of sp³-hybridized carbons (Fsp3) is 0.588. The third-order valence-electron chi connectivity index (χ3n) is 5.00. The summed E-state index contributed by atoms with van der Waals surface area (Å²) in [6, 6.07) is 4.22. The molecule has 0 spiro atoms. The maximum atomic E-state index is 14.0. The molecule has 9 heteroatoms. The molecule has 2 N–H and O–H groups in total. The highest BCUT2D eigenvalue weighted by Gasteiger charge is 2.53. The number of carbonyl (C=O) groups excluding carboxylic acids is 1. The van der Waals surface area contributed by atoms with Crippen molar-refractivity contribution >= 4 is 18.3 Å². The zero-order chi connectivity index (χ0) is 18.1. The summed E-state index contributed by atoms with van der Waals surface area (Å²) in [6.07, 6.45) is -3.53. The summed E-state index contributed by atoms with van der Waals surface area (Å²) < 4.78 is 54.1. The van der Waals surface area contributed by atoms with Gasteiger partial charge < -0.3 is 10.6 Å². The molecule has 0 bridgehead atoms. The third-order valence-corrected chi connectivity index (χ3v) is 5.00. The van der Waals surface area contributed by atoms with Crippen molar-refractivity contribution in [2.24, 2.45) is 0 Å². The second kappa shape index (κ2) is 8.10. The number of alkyl halides is 3. The van der Waals surface area contributed by atoms with Crippen molar-refractivity contribution < 1.29 is 22.4 Å². The topological polar surface area (TPSA) is 44.4 Å². The highest BCUT2D eigenvalue weighted by atomic mass is 35.5. The minimum atomic E-state index is -4.43. The molecule has 0 aromatic heterocycles. The molecule has 3 rings (SSSR count). The van der Waals surface area contributed by atoms with Crippen molar-refractivity contribution in [3.05, 3.63) is 35.6 Å². The van der Waals surface area contributed by atoms with Crippen LogP contribution in [0.15, 0.2) is 24.3 Å². The number of hydrogen-bond donors (Lipinski definition) is 2. The molecule has 1 aliphatic heterocycles. The summed E-state index contributed by atoms with van der Waals surface area (Å²) in [7, 11) is 0. The zero-order valence-corrected chi connectivity index (χ0v) is 14.9. The van der Waals surface area contributed by atoms with E-state index in [9.17, 15) is 22.4 Å². The second-order valence-corrected chi connectivity index (χ2v) is 6.62. The first-order valence-electron chi connectivity index (χ1n) is 8.39. The average molecular weight is 396 g/mol. The number of piperazine rings is 1. The van der Waals surface area contributed by atoms with Crippen LogP contribution in [0.3, 0.4) is 0 Å². The van der Waals surface area contributed by atoms with Crippen LogP contribution >= 0.6 is 12.4 Å². The van der Waals surface area contributed by atoms with Crippen molar-refractivity contribution in [2.45, 2.75) is 30.5 Å². The van der Waals surface area contributed by atoms with E-state index >= 15 is 0 Å². The number of amides is 1. The summed E-state index contributed by atoms with van der Waals surface area (Å²) in [4.78, 5) is 13.9. The molecule has 2 aliphatic rings. The van der Waals surface area contributed by atoms with Crippen molar-refractivity contribution in [1.29, 1.82) is 0 Å². The van der Waals surface area contributed by atoms with Crippen molar-refractivity contribution in [1.82, 2.24) is 15.5 Å². The van der Waals surface area contributed by atoms with Gasteiger partial charge in [-0.15, -0.1) is 12.4 Å². The molecule has 1 saturated carbocycles. The number of carbonyl (C=O) groups is 1. The molecule has 26 heavy (non-hydrogen) atoms. The van der Waals surface area contributed by atoms with E-state index in [1.807, 2.05) is 0 Å². The Kier molecular flexibility index (Phi) is 6.52. The largest absolute Gasteiger partial charge is 0.405 e. The smallest absolute Gasteiger partial charge is 0.353 e. The fourth-order valence-corrected chi connectivity index (χ4v) is 3.40. The van der Waals surface area contributed by atoms with Crippen LogP contribution < -0.4 is 10.6 Å². The molecule has 1 aromatic rings. The molecule has 1 unspecified atom stereocenters. The Hall–Kier alpha value is -1.38. The lowest BCUT2D eigenvalue weighted by molar-refractivity contribution is -0.184. The predicted octanol–water partition coefficient (Wildman–Crippen LogP) is 2.23. The monoisotopic (exact) mass is 395 g/mol. The van der Waals surface area contributed by atoms with Gasteiger partial charge in [-0.1, -0.05) is 18.2 Å². The molecule has 1 amide bonds. The van der Waals surface area contributed by atoms with Gasteiger partial charge in [0, 0.05) is 38.3 Å². The van der Waals surface area contributed by atoms with Gasteiger partial charge in [-0.05, 0) is 18.9 Å². The SMILES string of the molecule is Cl.O=C(NCC(N1CCNCC1)C(F)(F)F)C1(c2ccccc2F)CC1. The van der Waals surface area contributed by atoms with Gasteiger partial charge in [0.2, 0.25) is 5.91 Å². The molecule has 2 fully saturated rings. The maximum Gasteiger partial charge on any atom is 0.405 e. The van der Waals surface area contributed by atoms with E-state index in [2.05, 4.69) is 10.6 Å². The number of benzene rings is 1. The van der Waals surface area contributed by atoms with Crippen LogP contribution in [0.25, 0.3) is 0 Å². The van der Waals surface area contributed by atoms with Crippen molar-refractivity contribution in [3.8, 4) is 0 Å². The Labute approximate surface area is 155 Å². The van der Waals surface area contributed by atoms with E-state index in [4.69, 9.17) is 0 Å². The fourth-order valence-electron chi connectivity index (χ4n) is 3.40. The van der Waals surface area contributed by atoms with Crippen LogP contribution in [0.5, 0.6) is 0 Å². The normalized spacial score (nSPS) is 20.8. The van der Waals surface area contributed by atoms with Gasteiger partial charge in [0.25, 0.3) is 0 Å². The van der Waals surface area contributed by atoms with Crippen LogP contribution in [-0.4, -0.2) is 55.7 Å². The molecule has 4 nitrogen and oxygen atoms in total. The third kappa shape index (κ3) is 4.29. The van der Waals surface area contributed by atoms with E-state index < -0.39 is 35.9 Å². The summed E-state index contributed by atoms with van der Waals surface area (Å²) in [6.45, 7) is 1.01. The van der Waals surface area contributed by atoms with Gasteiger partial charge >= 0.3 is 6.18 Å². The lowest BCUT2D eigenvalue weighted by atomic mass is 9.94. The number of hydrogen-bond acceptors (Lipinski definition) is 3. The minimum Gasteiger partial charge on any atom is -0.353 e. The number of nitrogens with one attached hydrogen (secondary N) is 2. The summed E-state index contributed by atoms with van der Waals surface area (Å²) in [5.74, 6) is -1.02. The first-order chi connectivity index (χ1) is 11.8. The Morgan fingerprint density at radius 2 is 1.85 bits per heavy atom. The average Bonchev–Trinajstić information content (AvgIpc) is 3.37. The first kappa shape index (κ1) is 20.9. The lowest BCUT2D eigenvalue weighted by Gasteiger charge is -2.36. The molecule has 146 valence electrons. The Morgan fingerprint density at radius 3 is 2.38 bits per heavy atom. The van der Waals surface area contributed by atoms with Gasteiger partial charge in [0.05, 0.1) is 5.41 Å². The number of nitrogens with zero attached hydrogens (tertiary/aromatic N) is 1. The predicted molar refractivity (Wildman–Crippen MR) is 91.9 cm³/mol. The zero-order valence-electron chi connectivity index (χ0n) is 14.1. The minimum absolute atomic E-state index is 0. The first-order valence-corrected chi connectivity index (χ1v) is 8.39. The number of rotatable bonds is 5. The maximum absolute atomic E-state index is 14.0. The van der Waals surface area contributed by atoms with Crippen molar-refractivity contribution in [2.75, 3.05) is 32.7 Å². The van der Waals surface area contributed by atoms with Crippen LogP contribution in [0.4, 0.5) is 17.6 Å². The van der Waals surface area contributed by atoms with Gasteiger partial charge in [-0.25, -0.2) is 4.39 Å². The number of halogens is 5. The van der Waals surface area contributed by atoms with E-state index in [1.165, 1.54) is 23.1 Å². The molecular weight excluding hydrogens is 374 g/mol. The van der Waals surface area contributed by atoms with Crippen LogP contribution in [0.2, 0.25) is 0 Å².